The van der Waals surface area contributed by atoms with Gasteiger partial charge in [0.15, 0.2) is 10.7 Å². The van der Waals surface area contributed by atoms with E-state index in [9.17, 15) is 9.59 Å². The number of thiazole rings is 1. The van der Waals surface area contributed by atoms with E-state index in [-0.39, 0.29) is 23.2 Å². The molecule has 0 saturated carbocycles. The van der Waals surface area contributed by atoms with Crippen LogP contribution in [0.15, 0.2) is 60.0 Å². The van der Waals surface area contributed by atoms with Crippen LogP contribution in [0.1, 0.15) is 37.8 Å². The summed E-state index contributed by atoms with van der Waals surface area (Å²) in [4.78, 5) is 29.0. The minimum atomic E-state index is -0.546. The first-order valence-electron chi connectivity index (χ1n) is 9.53. The van der Waals surface area contributed by atoms with E-state index < -0.39 is 5.97 Å². The molecule has 0 spiro atoms. The summed E-state index contributed by atoms with van der Waals surface area (Å²) in [5.74, 6) is -0.901. The molecule has 2 aromatic heterocycles. The van der Waals surface area contributed by atoms with Crippen molar-refractivity contribution in [2.75, 3.05) is 5.32 Å². The van der Waals surface area contributed by atoms with Crippen LogP contribution in [0.2, 0.25) is 0 Å². The van der Waals surface area contributed by atoms with Crippen molar-refractivity contribution in [3.63, 3.8) is 0 Å². The molecular weight excluding hydrogens is 432 g/mol. The fourth-order valence-corrected chi connectivity index (χ4v) is 4.14. The van der Waals surface area contributed by atoms with E-state index in [1.807, 2.05) is 54.6 Å². The molecule has 156 valence electrons. The number of hydrogen-bond acceptors (Lipinski definition) is 8. The van der Waals surface area contributed by atoms with Gasteiger partial charge in [-0.25, -0.2) is 9.78 Å². The predicted molar refractivity (Wildman–Crippen MR) is 120 cm³/mol. The maximum atomic E-state index is 12.4. The second-order valence-corrected chi connectivity index (χ2v) is 8.41. The summed E-state index contributed by atoms with van der Waals surface area (Å²) in [5, 5.41) is 13.6. The number of anilines is 1. The highest BCUT2D eigenvalue weighted by molar-refractivity contribution is 7.13. The molecule has 4 aromatic rings. The van der Waals surface area contributed by atoms with Crippen molar-refractivity contribution in [2.45, 2.75) is 20.0 Å². The number of aryl methyl sites for hydroxylation is 1. The average molecular weight is 451 g/mol. The third-order valence-electron chi connectivity index (χ3n) is 4.34. The Hall–Kier alpha value is -3.43. The van der Waals surface area contributed by atoms with Crippen LogP contribution in [0, 0.1) is 0 Å². The molecule has 9 heteroatoms. The monoisotopic (exact) mass is 450 g/mol. The molecule has 0 radical (unpaired) electrons. The van der Waals surface area contributed by atoms with Crippen LogP contribution in [0.3, 0.4) is 0 Å². The zero-order valence-electron chi connectivity index (χ0n) is 16.6. The number of esters is 1. The molecule has 31 heavy (non-hydrogen) atoms. The van der Waals surface area contributed by atoms with Crippen LogP contribution in [0.4, 0.5) is 5.69 Å². The summed E-state index contributed by atoms with van der Waals surface area (Å²) in [5.41, 5.74) is 3.05. The maximum absolute atomic E-state index is 12.4. The topological polar surface area (TPSA) is 94.1 Å². The molecular formula is C22H18N4O3S2. The first-order chi connectivity index (χ1) is 15.1. The highest BCUT2D eigenvalue weighted by Gasteiger charge is 2.17. The largest absolute Gasteiger partial charge is 0.453 e. The third-order valence-corrected chi connectivity index (χ3v) is 6.13. The van der Waals surface area contributed by atoms with Gasteiger partial charge in [-0.15, -0.1) is 21.5 Å². The van der Waals surface area contributed by atoms with Gasteiger partial charge in [0, 0.05) is 16.6 Å². The minimum absolute atomic E-state index is 0.0762. The number of amides is 1. The van der Waals surface area contributed by atoms with Crippen molar-refractivity contribution in [1.29, 1.82) is 0 Å². The zero-order chi connectivity index (χ0) is 21.6. The number of rotatable bonds is 7. The second-order valence-electron chi connectivity index (χ2n) is 6.49. The Morgan fingerprint density at radius 2 is 1.81 bits per heavy atom. The van der Waals surface area contributed by atoms with Gasteiger partial charge in [-0.05, 0) is 24.1 Å². The molecule has 0 saturated heterocycles. The van der Waals surface area contributed by atoms with E-state index in [0.717, 1.165) is 28.3 Å². The van der Waals surface area contributed by atoms with Crippen LogP contribution in [-0.4, -0.2) is 27.1 Å². The van der Waals surface area contributed by atoms with Gasteiger partial charge in [-0.2, -0.15) is 0 Å². The molecule has 0 aliphatic heterocycles. The summed E-state index contributed by atoms with van der Waals surface area (Å²) >= 11 is 2.45. The number of carbonyl (C=O) groups is 2. The first kappa shape index (κ1) is 20.8. The number of carbonyl (C=O) groups excluding carboxylic acids is 2. The standard InChI is InChI=1S/C22H18N4O3S2/c1-2-14-8-10-16(11-9-14)23-19(27)21-26-25-18(31-21)12-29-22(28)17-13-30-20(24-17)15-6-4-3-5-7-15/h3-11,13H,2,12H2,1H3,(H,23,27). The Bertz CT molecular complexity index is 1190. The van der Waals surface area contributed by atoms with Gasteiger partial charge in [-0.3, -0.25) is 4.79 Å². The summed E-state index contributed by atoms with van der Waals surface area (Å²) in [6.45, 7) is 1.99. The van der Waals surface area contributed by atoms with Crippen molar-refractivity contribution in [1.82, 2.24) is 15.2 Å². The molecule has 0 aliphatic rings. The van der Waals surface area contributed by atoms with E-state index in [4.69, 9.17) is 4.74 Å². The lowest BCUT2D eigenvalue weighted by Crippen LogP contribution is -2.11. The van der Waals surface area contributed by atoms with E-state index >= 15 is 0 Å². The molecule has 7 nitrogen and oxygen atoms in total. The second kappa shape index (κ2) is 9.59. The molecule has 0 unspecified atom stereocenters. The summed E-state index contributed by atoms with van der Waals surface area (Å²) < 4.78 is 5.28. The van der Waals surface area contributed by atoms with E-state index in [1.54, 1.807) is 5.38 Å². The number of nitrogens with zero attached hydrogens (tertiary/aromatic N) is 3. The van der Waals surface area contributed by atoms with E-state index in [0.29, 0.717) is 10.7 Å². The highest BCUT2D eigenvalue weighted by atomic mass is 32.1. The smallest absolute Gasteiger partial charge is 0.358 e. The van der Waals surface area contributed by atoms with Crippen molar-refractivity contribution in [2.24, 2.45) is 0 Å². The van der Waals surface area contributed by atoms with Gasteiger partial charge in [0.1, 0.15) is 11.6 Å². The van der Waals surface area contributed by atoms with E-state index in [2.05, 4.69) is 27.4 Å². The molecule has 0 fully saturated rings. The van der Waals surface area contributed by atoms with Gasteiger partial charge in [-0.1, -0.05) is 60.7 Å². The Morgan fingerprint density at radius 1 is 1.03 bits per heavy atom. The molecule has 2 heterocycles. The Kier molecular flexibility index (Phi) is 6.44. The van der Waals surface area contributed by atoms with Crippen molar-refractivity contribution >= 4 is 40.2 Å². The van der Waals surface area contributed by atoms with Crippen molar-refractivity contribution in [3.8, 4) is 10.6 Å². The average Bonchev–Trinajstić information content (AvgIpc) is 3.49. The summed E-state index contributed by atoms with van der Waals surface area (Å²) in [6.07, 6.45) is 0.932. The molecule has 2 aromatic carbocycles. The van der Waals surface area contributed by atoms with Crippen LogP contribution in [0.5, 0.6) is 0 Å². The SMILES string of the molecule is CCc1ccc(NC(=O)c2nnc(COC(=O)c3csc(-c4ccccc4)n3)s2)cc1. The van der Waals surface area contributed by atoms with Crippen LogP contribution < -0.4 is 5.32 Å². The molecule has 1 N–H and O–H groups in total. The van der Waals surface area contributed by atoms with Gasteiger partial charge >= 0.3 is 5.97 Å². The van der Waals surface area contributed by atoms with Gasteiger partial charge in [0.25, 0.3) is 5.91 Å². The molecule has 0 aliphatic carbocycles. The van der Waals surface area contributed by atoms with Crippen LogP contribution >= 0.6 is 22.7 Å². The first-order valence-corrected chi connectivity index (χ1v) is 11.2. The third kappa shape index (κ3) is 5.19. The molecule has 0 atom stereocenters. The number of aromatic nitrogens is 3. The summed E-state index contributed by atoms with van der Waals surface area (Å²) in [7, 11) is 0. The Balaban J connectivity index is 1.33. The molecule has 4 rings (SSSR count). The van der Waals surface area contributed by atoms with Crippen LogP contribution in [-0.2, 0) is 17.8 Å². The van der Waals surface area contributed by atoms with Gasteiger partial charge in [0.05, 0.1) is 0 Å². The Morgan fingerprint density at radius 3 is 2.55 bits per heavy atom. The van der Waals surface area contributed by atoms with Gasteiger partial charge in [0.2, 0.25) is 5.01 Å². The minimum Gasteiger partial charge on any atom is -0.453 e. The highest BCUT2D eigenvalue weighted by Crippen LogP contribution is 2.24. The number of ether oxygens (including phenoxy) is 1. The fraction of sp³-hybridized carbons (Fsp3) is 0.136. The Labute approximate surface area is 186 Å². The van der Waals surface area contributed by atoms with Crippen LogP contribution in [0.25, 0.3) is 10.6 Å². The fourth-order valence-electron chi connectivity index (χ4n) is 2.69. The lowest BCUT2D eigenvalue weighted by Gasteiger charge is -2.03. The van der Waals surface area contributed by atoms with Crippen molar-refractivity contribution in [3.05, 3.63) is 81.2 Å². The number of nitrogens with one attached hydrogen (secondary N) is 1. The summed E-state index contributed by atoms with van der Waals surface area (Å²) in [6, 6.07) is 17.2. The van der Waals surface area contributed by atoms with E-state index in [1.165, 1.54) is 16.9 Å². The number of hydrogen-bond donors (Lipinski definition) is 1. The predicted octanol–water partition coefficient (Wildman–Crippen LogP) is 4.83. The lowest BCUT2D eigenvalue weighted by atomic mass is 10.1. The normalized spacial score (nSPS) is 10.6. The molecule has 0 bridgehead atoms. The lowest BCUT2D eigenvalue weighted by molar-refractivity contribution is 0.0465. The zero-order valence-corrected chi connectivity index (χ0v) is 18.2. The maximum Gasteiger partial charge on any atom is 0.358 e. The number of benzene rings is 2. The van der Waals surface area contributed by atoms with Gasteiger partial charge < -0.3 is 10.1 Å². The quantitative estimate of drug-likeness (QED) is 0.405. The molecule has 1 amide bonds. The van der Waals surface area contributed by atoms with Crippen molar-refractivity contribution < 1.29 is 14.3 Å².